The number of hydrogen-bond donors (Lipinski definition) is 1. The predicted molar refractivity (Wildman–Crippen MR) is 64.1 cm³/mol. The number of aromatic nitrogens is 3. The molecule has 2 heterocycles. The molecule has 2 rings (SSSR count). The molecule has 16 heavy (non-hydrogen) atoms. The number of hydrogen-bond acceptors (Lipinski definition) is 3. The van der Waals surface area contributed by atoms with E-state index in [1.807, 2.05) is 30.1 Å². The molecule has 4 nitrogen and oxygen atoms in total. The lowest BCUT2D eigenvalue weighted by molar-refractivity contribution is 0.719. The Bertz CT molecular complexity index is 462. The minimum Gasteiger partial charge on any atom is -0.364 e. The molecule has 0 aliphatic carbocycles. The van der Waals surface area contributed by atoms with E-state index in [4.69, 9.17) is 0 Å². The van der Waals surface area contributed by atoms with Gasteiger partial charge in [0.15, 0.2) is 0 Å². The van der Waals surface area contributed by atoms with Crippen LogP contribution in [0.4, 0.5) is 5.82 Å². The van der Waals surface area contributed by atoms with E-state index in [1.165, 1.54) is 5.56 Å². The van der Waals surface area contributed by atoms with Gasteiger partial charge in [-0.15, -0.1) is 0 Å². The first-order valence-corrected chi connectivity index (χ1v) is 5.46. The average Bonchev–Trinajstić information content (AvgIpc) is 2.72. The molecule has 0 aromatic carbocycles. The van der Waals surface area contributed by atoms with Gasteiger partial charge < -0.3 is 5.32 Å². The van der Waals surface area contributed by atoms with Gasteiger partial charge in [-0.1, -0.05) is 13.0 Å². The highest BCUT2D eigenvalue weighted by Gasteiger charge is 2.02. The fraction of sp³-hybridized carbons (Fsp3) is 0.333. The summed E-state index contributed by atoms with van der Waals surface area (Å²) in [5, 5.41) is 7.46. The van der Waals surface area contributed by atoms with Crippen molar-refractivity contribution in [2.24, 2.45) is 7.05 Å². The van der Waals surface area contributed by atoms with Crippen LogP contribution in [0.1, 0.15) is 18.2 Å². The van der Waals surface area contributed by atoms with Crippen molar-refractivity contribution >= 4 is 5.82 Å². The maximum Gasteiger partial charge on any atom is 0.129 e. The fourth-order valence-corrected chi connectivity index (χ4v) is 1.63. The van der Waals surface area contributed by atoms with Crippen LogP contribution in [0.5, 0.6) is 0 Å². The molecule has 0 saturated carbocycles. The van der Waals surface area contributed by atoms with Crippen molar-refractivity contribution in [1.82, 2.24) is 14.8 Å². The topological polar surface area (TPSA) is 42.7 Å². The summed E-state index contributed by atoms with van der Waals surface area (Å²) in [6.45, 7) is 2.88. The van der Waals surface area contributed by atoms with E-state index in [-0.39, 0.29) is 0 Å². The highest BCUT2D eigenvalue weighted by molar-refractivity contribution is 5.43. The number of rotatable bonds is 4. The summed E-state index contributed by atoms with van der Waals surface area (Å²) in [4.78, 5) is 4.34. The zero-order valence-electron chi connectivity index (χ0n) is 9.64. The van der Waals surface area contributed by atoms with Gasteiger partial charge in [-0.2, -0.15) is 5.10 Å². The van der Waals surface area contributed by atoms with Gasteiger partial charge in [-0.3, -0.25) is 4.68 Å². The third kappa shape index (κ3) is 2.21. The summed E-state index contributed by atoms with van der Waals surface area (Å²) >= 11 is 0. The maximum absolute atomic E-state index is 4.34. The number of pyridine rings is 1. The third-order valence-electron chi connectivity index (χ3n) is 2.63. The molecule has 0 atom stereocenters. The zero-order valence-corrected chi connectivity index (χ0v) is 9.64. The van der Waals surface area contributed by atoms with Crippen LogP contribution in [-0.4, -0.2) is 14.8 Å². The van der Waals surface area contributed by atoms with Gasteiger partial charge in [0.1, 0.15) is 5.82 Å². The molecule has 0 spiro atoms. The summed E-state index contributed by atoms with van der Waals surface area (Å²) in [6.07, 6.45) is 4.60. The van der Waals surface area contributed by atoms with Gasteiger partial charge >= 0.3 is 0 Å². The molecule has 0 radical (unpaired) electrons. The van der Waals surface area contributed by atoms with E-state index in [0.29, 0.717) is 0 Å². The molecule has 0 saturated heterocycles. The molecular weight excluding hydrogens is 200 g/mol. The minimum atomic E-state index is 0.751. The Morgan fingerprint density at radius 2 is 2.19 bits per heavy atom. The van der Waals surface area contributed by atoms with E-state index in [0.717, 1.165) is 24.5 Å². The first kappa shape index (κ1) is 10.7. The summed E-state index contributed by atoms with van der Waals surface area (Å²) < 4.78 is 1.86. The molecule has 0 unspecified atom stereocenters. The normalized spacial score (nSPS) is 10.4. The van der Waals surface area contributed by atoms with Crippen LogP contribution in [0.25, 0.3) is 0 Å². The van der Waals surface area contributed by atoms with Crippen molar-refractivity contribution in [2.75, 3.05) is 5.32 Å². The van der Waals surface area contributed by atoms with E-state index in [9.17, 15) is 0 Å². The molecule has 0 bridgehead atoms. The van der Waals surface area contributed by atoms with Crippen molar-refractivity contribution in [3.05, 3.63) is 41.9 Å². The summed E-state index contributed by atoms with van der Waals surface area (Å²) in [6, 6.07) is 6.06. The lowest BCUT2D eigenvalue weighted by Crippen LogP contribution is -2.07. The second-order valence-electron chi connectivity index (χ2n) is 3.66. The van der Waals surface area contributed by atoms with Crippen molar-refractivity contribution in [2.45, 2.75) is 19.9 Å². The third-order valence-corrected chi connectivity index (χ3v) is 2.63. The Morgan fingerprint density at radius 1 is 1.31 bits per heavy atom. The Balaban J connectivity index is 2.07. The van der Waals surface area contributed by atoms with Gasteiger partial charge in [0, 0.05) is 19.4 Å². The molecule has 2 aromatic rings. The Kier molecular flexibility index (Phi) is 3.19. The fourth-order valence-electron chi connectivity index (χ4n) is 1.63. The molecular formula is C12H16N4. The van der Waals surface area contributed by atoms with Crippen molar-refractivity contribution < 1.29 is 0 Å². The van der Waals surface area contributed by atoms with Gasteiger partial charge in [0.05, 0.1) is 12.2 Å². The monoisotopic (exact) mass is 216 g/mol. The van der Waals surface area contributed by atoms with Crippen molar-refractivity contribution in [1.29, 1.82) is 0 Å². The van der Waals surface area contributed by atoms with E-state index in [2.05, 4.69) is 28.4 Å². The van der Waals surface area contributed by atoms with Gasteiger partial charge in [-0.25, -0.2) is 4.98 Å². The van der Waals surface area contributed by atoms with E-state index >= 15 is 0 Å². The molecule has 2 aromatic heterocycles. The van der Waals surface area contributed by atoms with Crippen LogP contribution in [0, 0.1) is 0 Å². The largest absolute Gasteiger partial charge is 0.364 e. The van der Waals surface area contributed by atoms with Gasteiger partial charge in [-0.05, 0) is 24.1 Å². The van der Waals surface area contributed by atoms with Crippen molar-refractivity contribution in [3.63, 3.8) is 0 Å². The van der Waals surface area contributed by atoms with E-state index < -0.39 is 0 Å². The number of aryl methyl sites for hydroxylation is 2. The second kappa shape index (κ2) is 4.79. The van der Waals surface area contributed by atoms with Crippen LogP contribution in [0.3, 0.4) is 0 Å². The second-order valence-corrected chi connectivity index (χ2v) is 3.66. The Hall–Kier alpha value is -1.84. The lowest BCUT2D eigenvalue weighted by atomic mass is 10.2. The van der Waals surface area contributed by atoms with Gasteiger partial charge in [0.25, 0.3) is 0 Å². The maximum atomic E-state index is 4.34. The van der Waals surface area contributed by atoms with Crippen LogP contribution < -0.4 is 5.32 Å². The minimum absolute atomic E-state index is 0.751. The highest BCUT2D eigenvalue weighted by Crippen LogP contribution is 2.12. The Labute approximate surface area is 95.3 Å². The highest BCUT2D eigenvalue weighted by atomic mass is 15.3. The SMILES string of the molecule is CCc1cccnc1NCc1ccnn1C. The molecule has 0 amide bonds. The summed E-state index contributed by atoms with van der Waals surface area (Å²) in [7, 11) is 1.94. The van der Waals surface area contributed by atoms with Crippen LogP contribution in [-0.2, 0) is 20.0 Å². The predicted octanol–water partition coefficient (Wildman–Crippen LogP) is 1.99. The number of anilines is 1. The number of nitrogens with zero attached hydrogens (tertiary/aromatic N) is 3. The van der Waals surface area contributed by atoms with E-state index in [1.54, 1.807) is 6.20 Å². The molecule has 0 fully saturated rings. The summed E-state index contributed by atoms with van der Waals surface area (Å²) in [5.41, 5.74) is 2.39. The van der Waals surface area contributed by atoms with Crippen LogP contribution in [0.2, 0.25) is 0 Å². The Morgan fingerprint density at radius 3 is 2.88 bits per heavy atom. The first-order valence-electron chi connectivity index (χ1n) is 5.46. The summed E-state index contributed by atoms with van der Waals surface area (Å²) in [5.74, 6) is 0.964. The molecule has 1 N–H and O–H groups in total. The van der Waals surface area contributed by atoms with Crippen molar-refractivity contribution in [3.8, 4) is 0 Å². The van der Waals surface area contributed by atoms with Gasteiger partial charge in [0.2, 0.25) is 0 Å². The molecule has 84 valence electrons. The number of nitrogens with one attached hydrogen (secondary N) is 1. The lowest BCUT2D eigenvalue weighted by Gasteiger charge is -2.09. The molecule has 0 aliphatic rings. The smallest absolute Gasteiger partial charge is 0.129 e. The standard InChI is InChI=1S/C12H16N4/c1-3-10-5-4-7-13-12(10)14-9-11-6-8-15-16(11)2/h4-8H,3,9H2,1-2H3,(H,13,14). The zero-order chi connectivity index (χ0) is 11.4. The first-order chi connectivity index (χ1) is 7.81. The molecule has 4 heteroatoms. The average molecular weight is 216 g/mol. The molecule has 0 aliphatic heterocycles. The van der Waals surface area contributed by atoms with Crippen LogP contribution in [0.15, 0.2) is 30.6 Å². The quantitative estimate of drug-likeness (QED) is 0.850. The van der Waals surface area contributed by atoms with Crippen LogP contribution >= 0.6 is 0 Å².